The molecule has 0 aliphatic rings. The first kappa shape index (κ1) is 15.6. The number of hydrogen-bond acceptors (Lipinski definition) is 2. The Hall–Kier alpha value is 0.630. The highest BCUT2D eigenvalue weighted by molar-refractivity contribution is 6.48. The number of ether oxygens (including phenoxy) is 1. The van der Waals surface area contributed by atoms with Crippen molar-refractivity contribution in [2.45, 2.75) is 41.8 Å². The van der Waals surface area contributed by atoms with Crippen LogP contribution in [0.3, 0.4) is 0 Å². The quantitative estimate of drug-likeness (QED) is 0.545. The molecule has 0 spiro atoms. The Labute approximate surface area is 110 Å². The van der Waals surface area contributed by atoms with E-state index < -0.39 is 8.67 Å². The van der Waals surface area contributed by atoms with Crippen LogP contribution in [0.25, 0.3) is 0 Å². The van der Waals surface area contributed by atoms with Crippen LogP contribution in [0.2, 0.25) is 0 Å². The molecular formula is C9H14Cl4O2. The van der Waals surface area contributed by atoms with E-state index in [2.05, 4.69) is 0 Å². The van der Waals surface area contributed by atoms with Gasteiger partial charge in [-0.15, -0.1) is 46.4 Å². The van der Waals surface area contributed by atoms with Gasteiger partial charge in [-0.05, 0) is 20.3 Å². The van der Waals surface area contributed by atoms with Crippen molar-refractivity contribution in [3.63, 3.8) is 0 Å². The van der Waals surface area contributed by atoms with E-state index in [0.29, 0.717) is 12.8 Å². The maximum atomic E-state index is 11.1. The standard InChI is InChI=1S/C9H14Cl4O2/c1-8(10,11)4-3-7(14)15-6-5-9(2,12)13/h3-6H2,1-2H3. The van der Waals surface area contributed by atoms with Crippen LogP contribution in [-0.2, 0) is 9.53 Å². The van der Waals surface area contributed by atoms with E-state index >= 15 is 0 Å². The van der Waals surface area contributed by atoms with Gasteiger partial charge in [0.1, 0.15) is 8.67 Å². The van der Waals surface area contributed by atoms with Crippen molar-refractivity contribution in [2.24, 2.45) is 0 Å². The van der Waals surface area contributed by atoms with E-state index in [4.69, 9.17) is 51.1 Å². The Morgan fingerprint density at radius 2 is 1.53 bits per heavy atom. The largest absolute Gasteiger partial charge is 0.466 e. The summed E-state index contributed by atoms with van der Waals surface area (Å²) in [4.78, 5) is 11.1. The molecule has 0 saturated carbocycles. The molecule has 0 atom stereocenters. The second kappa shape index (κ2) is 6.39. The third kappa shape index (κ3) is 12.6. The molecule has 0 aliphatic carbocycles. The molecule has 0 rings (SSSR count). The second-order valence-corrected chi connectivity index (χ2v) is 7.33. The summed E-state index contributed by atoms with van der Waals surface area (Å²) in [6, 6.07) is 0. The number of carbonyl (C=O) groups excluding carboxylic acids is 1. The Kier molecular flexibility index (Phi) is 6.65. The summed E-state index contributed by atoms with van der Waals surface area (Å²) < 4.78 is 3.12. The molecule has 0 fully saturated rings. The fourth-order valence-electron chi connectivity index (χ4n) is 0.738. The Morgan fingerprint density at radius 1 is 1.07 bits per heavy atom. The SMILES string of the molecule is CC(Cl)(Cl)CCOC(=O)CCC(C)(Cl)Cl. The van der Waals surface area contributed by atoms with Gasteiger partial charge in [-0.2, -0.15) is 0 Å². The molecule has 0 heterocycles. The van der Waals surface area contributed by atoms with Gasteiger partial charge >= 0.3 is 5.97 Å². The van der Waals surface area contributed by atoms with Gasteiger partial charge in [-0.3, -0.25) is 4.79 Å². The average molecular weight is 296 g/mol. The number of esters is 1. The first-order chi connectivity index (χ1) is 6.60. The van der Waals surface area contributed by atoms with Crippen LogP contribution < -0.4 is 0 Å². The molecular weight excluding hydrogens is 282 g/mol. The van der Waals surface area contributed by atoms with Crippen molar-refractivity contribution in [1.82, 2.24) is 0 Å². The topological polar surface area (TPSA) is 26.3 Å². The lowest BCUT2D eigenvalue weighted by atomic mass is 10.2. The van der Waals surface area contributed by atoms with Gasteiger partial charge in [0.2, 0.25) is 0 Å². The van der Waals surface area contributed by atoms with E-state index in [1.807, 2.05) is 0 Å². The van der Waals surface area contributed by atoms with Crippen LogP contribution in [0.1, 0.15) is 33.1 Å². The van der Waals surface area contributed by atoms with Crippen LogP contribution in [-0.4, -0.2) is 21.2 Å². The lowest BCUT2D eigenvalue weighted by Gasteiger charge is -2.14. The third-order valence-electron chi connectivity index (χ3n) is 1.57. The molecule has 0 bridgehead atoms. The number of carbonyl (C=O) groups is 1. The summed E-state index contributed by atoms with van der Waals surface area (Å²) >= 11 is 22.8. The fourth-order valence-corrected chi connectivity index (χ4v) is 1.08. The van der Waals surface area contributed by atoms with E-state index in [-0.39, 0.29) is 19.0 Å². The molecule has 6 heteroatoms. The maximum absolute atomic E-state index is 11.1. The molecule has 0 aromatic rings. The predicted octanol–water partition coefficient (Wildman–Crippen LogP) is 4.09. The summed E-state index contributed by atoms with van der Waals surface area (Å²) in [5.41, 5.74) is 0. The first-order valence-corrected chi connectivity index (χ1v) is 6.03. The van der Waals surface area contributed by atoms with Crippen LogP contribution in [0.5, 0.6) is 0 Å². The number of halogens is 4. The summed E-state index contributed by atoms with van der Waals surface area (Å²) in [6.07, 6.45) is 0.930. The highest BCUT2D eigenvalue weighted by atomic mass is 35.5. The summed E-state index contributed by atoms with van der Waals surface area (Å²) in [5.74, 6) is -0.347. The minimum atomic E-state index is -0.896. The monoisotopic (exact) mass is 294 g/mol. The van der Waals surface area contributed by atoms with Crippen LogP contribution in [0.4, 0.5) is 0 Å². The minimum absolute atomic E-state index is 0.185. The van der Waals surface area contributed by atoms with Gasteiger partial charge in [0, 0.05) is 12.8 Å². The Bertz CT molecular complexity index is 205. The lowest BCUT2D eigenvalue weighted by Crippen LogP contribution is -2.16. The molecule has 0 amide bonds. The molecule has 0 radical (unpaired) electrons. The van der Waals surface area contributed by atoms with Crippen molar-refractivity contribution in [1.29, 1.82) is 0 Å². The second-order valence-electron chi connectivity index (χ2n) is 3.61. The molecule has 0 aromatic heterocycles. The molecule has 15 heavy (non-hydrogen) atoms. The van der Waals surface area contributed by atoms with E-state index in [1.165, 1.54) is 0 Å². The molecule has 0 N–H and O–H groups in total. The van der Waals surface area contributed by atoms with Gasteiger partial charge < -0.3 is 4.74 Å². The first-order valence-electron chi connectivity index (χ1n) is 4.51. The normalized spacial score (nSPS) is 12.7. The van der Waals surface area contributed by atoms with Crippen LogP contribution in [0.15, 0.2) is 0 Å². The van der Waals surface area contributed by atoms with Crippen molar-refractivity contribution >= 4 is 52.4 Å². The van der Waals surface area contributed by atoms with E-state index in [0.717, 1.165) is 0 Å². The van der Waals surface area contributed by atoms with Gasteiger partial charge in [-0.25, -0.2) is 0 Å². The zero-order chi connectivity index (χ0) is 12.1. The van der Waals surface area contributed by atoms with Crippen molar-refractivity contribution in [2.75, 3.05) is 6.61 Å². The third-order valence-corrected chi connectivity index (χ3v) is 2.33. The fraction of sp³-hybridized carbons (Fsp3) is 0.889. The Morgan fingerprint density at radius 3 is 1.93 bits per heavy atom. The average Bonchev–Trinajstić information content (AvgIpc) is 1.97. The van der Waals surface area contributed by atoms with Crippen molar-refractivity contribution in [3.05, 3.63) is 0 Å². The van der Waals surface area contributed by atoms with Crippen molar-refractivity contribution < 1.29 is 9.53 Å². The van der Waals surface area contributed by atoms with Crippen molar-refractivity contribution in [3.8, 4) is 0 Å². The lowest BCUT2D eigenvalue weighted by molar-refractivity contribution is -0.143. The zero-order valence-electron chi connectivity index (χ0n) is 8.66. The van der Waals surface area contributed by atoms with Crippen LogP contribution >= 0.6 is 46.4 Å². The number of hydrogen-bond donors (Lipinski definition) is 0. The molecule has 0 unspecified atom stereocenters. The molecule has 90 valence electrons. The van der Waals surface area contributed by atoms with E-state index in [1.54, 1.807) is 13.8 Å². The highest BCUT2D eigenvalue weighted by Gasteiger charge is 2.20. The molecule has 2 nitrogen and oxygen atoms in total. The maximum Gasteiger partial charge on any atom is 0.305 e. The summed E-state index contributed by atoms with van der Waals surface area (Å²) in [7, 11) is 0. The van der Waals surface area contributed by atoms with Gasteiger partial charge in [0.05, 0.1) is 6.61 Å². The van der Waals surface area contributed by atoms with E-state index in [9.17, 15) is 4.79 Å². The molecule has 0 aliphatic heterocycles. The molecule has 0 aromatic carbocycles. The smallest absolute Gasteiger partial charge is 0.305 e. The zero-order valence-corrected chi connectivity index (χ0v) is 11.7. The van der Waals surface area contributed by atoms with Gasteiger partial charge in [-0.1, -0.05) is 0 Å². The summed E-state index contributed by atoms with van der Waals surface area (Å²) in [5, 5.41) is 0. The Balaban J connectivity index is 3.60. The number of rotatable bonds is 6. The predicted molar refractivity (Wildman–Crippen MR) is 65.0 cm³/mol. The molecule has 0 saturated heterocycles. The van der Waals surface area contributed by atoms with Crippen LogP contribution in [0, 0.1) is 0 Å². The highest BCUT2D eigenvalue weighted by Crippen LogP contribution is 2.26. The summed E-state index contributed by atoms with van der Waals surface area (Å²) in [6.45, 7) is 3.46. The minimum Gasteiger partial charge on any atom is -0.466 e. The number of alkyl halides is 4. The van der Waals surface area contributed by atoms with Gasteiger partial charge in [0.25, 0.3) is 0 Å². The van der Waals surface area contributed by atoms with Gasteiger partial charge in [0.15, 0.2) is 0 Å².